The standard InChI is InChI=1S/C25H21N11O9S2.Na.H/c26-25-28-11(8-47-25)16(33-45-6-15-27-4-14(39)20(40)29-15)21(41)30-17-22(42)36-18(24(43)44)10(7-46-23(17)36)5-35-32-19(31-34-35)9-1-2-12(37)13(38)3-9;;/h1-4,8,17,23,37-39H,5-7H2,(H2,26,28)(H,30,41)(H,43,44)(H,27,29,40);;/t17-,23-;;/m1../s1. The first kappa shape index (κ1) is 34.3. The van der Waals surface area contributed by atoms with E-state index in [9.17, 15) is 39.6 Å². The number of aromatic amines is 1. The van der Waals surface area contributed by atoms with Crippen molar-refractivity contribution in [3.63, 3.8) is 0 Å². The van der Waals surface area contributed by atoms with Gasteiger partial charge in [0.15, 0.2) is 34.7 Å². The van der Waals surface area contributed by atoms with Crippen LogP contribution < -0.4 is 16.6 Å². The van der Waals surface area contributed by atoms with Gasteiger partial charge >= 0.3 is 35.5 Å². The van der Waals surface area contributed by atoms with Crippen LogP contribution in [0.25, 0.3) is 11.4 Å². The summed E-state index contributed by atoms with van der Waals surface area (Å²) in [5.41, 5.74) is 4.97. The average molecular weight is 708 g/mol. The van der Waals surface area contributed by atoms with Crippen LogP contribution in [0.15, 0.2) is 51.0 Å². The zero-order chi connectivity index (χ0) is 33.4. The van der Waals surface area contributed by atoms with Crippen LogP contribution in [-0.4, -0.2) is 131 Å². The second-order valence-corrected chi connectivity index (χ2v) is 11.8. The molecule has 48 heavy (non-hydrogen) atoms. The number of fused-ring (bicyclic) bond motifs is 1. The normalized spacial score (nSPS) is 17.3. The summed E-state index contributed by atoms with van der Waals surface area (Å²) in [6.07, 6.45) is 0.918. The number of oxime groups is 1. The fourth-order valence-electron chi connectivity index (χ4n) is 4.53. The van der Waals surface area contributed by atoms with Crippen LogP contribution in [0.2, 0.25) is 0 Å². The topological polar surface area (TPSA) is 297 Å². The predicted octanol–water partition coefficient (Wildman–Crippen LogP) is -1.71. The van der Waals surface area contributed by atoms with Gasteiger partial charge in [-0.2, -0.15) is 4.80 Å². The van der Waals surface area contributed by atoms with Gasteiger partial charge in [-0.15, -0.1) is 33.3 Å². The molecule has 2 amide bonds. The van der Waals surface area contributed by atoms with Gasteiger partial charge in [0.05, 0.1) is 12.7 Å². The van der Waals surface area contributed by atoms with E-state index in [1.165, 1.54) is 35.3 Å². The molecule has 4 aromatic rings. The molecule has 1 aromatic carbocycles. The Morgan fingerprint density at radius 3 is 2.67 bits per heavy atom. The molecule has 5 heterocycles. The molecule has 2 aliphatic heterocycles. The quantitative estimate of drug-likeness (QED) is 0.0317. The number of hydrogen-bond acceptors (Lipinski definition) is 17. The number of carbonyl (C=O) groups excluding carboxylic acids is 2. The van der Waals surface area contributed by atoms with Crippen molar-refractivity contribution >= 4 is 81.3 Å². The van der Waals surface area contributed by atoms with Crippen LogP contribution in [0.5, 0.6) is 17.2 Å². The van der Waals surface area contributed by atoms with Crippen molar-refractivity contribution in [1.82, 2.24) is 45.4 Å². The van der Waals surface area contributed by atoms with E-state index < -0.39 is 47.1 Å². The zero-order valence-corrected chi connectivity index (χ0v) is 25.1. The Balaban J connectivity index is 0.00000451. The van der Waals surface area contributed by atoms with Gasteiger partial charge in [0.25, 0.3) is 17.4 Å². The number of anilines is 1. The summed E-state index contributed by atoms with van der Waals surface area (Å²) in [5, 5.41) is 57.9. The SMILES string of the molecule is Nc1nc(C(=NOCc2ncc(O)c(=O)[nH]2)C(=O)N[C@@H]2C(=O)N3C(C(=O)O)=C(Cn4nnc(-c5ccc(O)c(O)c5)n4)CS[C@H]23)cs1.[NaH]. The molecule has 0 radical (unpaired) electrons. The third-order valence-electron chi connectivity index (χ3n) is 6.73. The van der Waals surface area contributed by atoms with E-state index in [1.807, 2.05) is 0 Å². The Hall–Kier alpha value is -5.03. The van der Waals surface area contributed by atoms with Crippen LogP contribution in [0.3, 0.4) is 0 Å². The Morgan fingerprint density at radius 1 is 1.19 bits per heavy atom. The number of aromatic hydroxyl groups is 3. The molecule has 3 aromatic heterocycles. The van der Waals surface area contributed by atoms with Crippen LogP contribution >= 0.6 is 23.1 Å². The maximum atomic E-state index is 13.3. The van der Waals surface area contributed by atoms with Crippen LogP contribution in [0.1, 0.15) is 11.5 Å². The first-order chi connectivity index (χ1) is 22.5. The number of nitrogens with one attached hydrogen (secondary N) is 2. The summed E-state index contributed by atoms with van der Waals surface area (Å²) in [5.74, 6) is -3.99. The molecule has 1 fully saturated rings. The average Bonchev–Trinajstić information content (AvgIpc) is 3.69. The molecular formula is C25H22N11NaO9S2. The fourth-order valence-corrected chi connectivity index (χ4v) is 6.41. The van der Waals surface area contributed by atoms with Gasteiger partial charge in [0, 0.05) is 16.7 Å². The number of phenolic OH excluding ortho intramolecular Hbond substituents is 2. The van der Waals surface area contributed by atoms with Crippen LogP contribution in [0, 0.1) is 0 Å². The van der Waals surface area contributed by atoms with E-state index in [4.69, 9.17) is 10.6 Å². The summed E-state index contributed by atoms with van der Waals surface area (Å²) in [6, 6.07) is 2.84. The number of carbonyl (C=O) groups is 3. The minimum absolute atomic E-state index is 0. The number of aliphatic carboxylic acids is 1. The number of tetrazole rings is 1. The predicted molar refractivity (Wildman–Crippen MR) is 168 cm³/mol. The van der Waals surface area contributed by atoms with Gasteiger partial charge in [-0.25, -0.2) is 14.8 Å². The molecule has 0 aliphatic carbocycles. The fraction of sp³-hybridized carbons (Fsp3) is 0.200. The van der Waals surface area contributed by atoms with Crippen molar-refractivity contribution in [3.8, 4) is 28.6 Å². The van der Waals surface area contributed by atoms with Gasteiger partial charge in [-0.05, 0) is 29.0 Å². The molecule has 20 nitrogen and oxygen atoms in total. The summed E-state index contributed by atoms with van der Waals surface area (Å²) in [7, 11) is 0. The Labute approximate surface area is 297 Å². The van der Waals surface area contributed by atoms with E-state index in [0.29, 0.717) is 11.1 Å². The minimum atomic E-state index is -1.37. The summed E-state index contributed by atoms with van der Waals surface area (Å²) >= 11 is 2.22. The van der Waals surface area contributed by atoms with Gasteiger partial charge in [-0.3, -0.25) is 19.3 Å². The first-order valence-electron chi connectivity index (χ1n) is 13.2. The molecule has 2 aliphatic rings. The van der Waals surface area contributed by atoms with Gasteiger partial charge < -0.3 is 41.3 Å². The molecule has 0 unspecified atom stereocenters. The number of nitrogens with two attached hydrogens (primary N) is 1. The Kier molecular flexibility index (Phi) is 10.00. The van der Waals surface area contributed by atoms with E-state index in [0.717, 1.165) is 27.2 Å². The number of H-pyrrole nitrogens is 1. The van der Waals surface area contributed by atoms with Crippen LogP contribution in [0.4, 0.5) is 5.13 Å². The molecule has 1 saturated heterocycles. The molecule has 244 valence electrons. The second-order valence-electron chi connectivity index (χ2n) is 9.79. The van der Waals surface area contributed by atoms with Crippen molar-refractivity contribution < 1.29 is 39.6 Å². The van der Waals surface area contributed by atoms with Gasteiger partial charge in [-0.1, -0.05) is 5.16 Å². The molecule has 23 heteroatoms. The van der Waals surface area contributed by atoms with Gasteiger partial charge in [0.1, 0.15) is 28.6 Å². The Morgan fingerprint density at radius 2 is 1.98 bits per heavy atom. The van der Waals surface area contributed by atoms with E-state index >= 15 is 0 Å². The number of carboxylic acids is 1. The molecule has 8 N–H and O–H groups in total. The number of hydrogen-bond donors (Lipinski definition) is 7. The van der Waals surface area contributed by atoms with E-state index in [2.05, 4.69) is 40.8 Å². The number of amides is 2. The number of benzene rings is 1. The monoisotopic (exact) mass is 707 g/mol. The van der Waals surface area contributed by atoms with Crippen molar-refractivity contribution in [3.05, 3.63) is 62.9 Å². The number of aromatic nitrogens is 7. The number of nitrogen functional groups attached to an aromatic ring is 1. The van der Waals surface area contributed by atoms with E-state index in [-0.39, 0.29) is 87.2 Å². The summed E-state index contributed by atoms with van der Waals surface area (Å²) in [4.78, 5) is 68.0. The molecule has 0 bridgehead atoms. The molecule has 0 spiro atoms. The molecule has 6 rings (SSSR count). The summed E-state index contributed by atoms with van der Waals surface area (Å²) in [6.45, 7) is -0.518. The molecule has 2 atom stereocenters. The summed E-state index contributed by atoms with van der Waals surface area (Å²) < 4.78 is 0. The number of β-lactam (4-membered cyclic amide) rings is 1. The number of carboxylic acid groups (broad SMARTS) is 1. The molecular weight excluding hydrogens is 685 g/mol. The number of nitrogens with zero attached hydrogens (tertiary/aromatic N) is 8. The van der Waals surface area contributed by atoms with Crippen molar-refractivity contribution in [1.29, 1.82) is 0 Å². The van der Waals surface area contributed by atoms with Crippen molar-refractivity contribution in [2.45, 2.75) is 24.6 Å². The maximum absolute atomic E-state index is 13.3. The number of rotatable bonds is 10. The zero-order valence-electron chi connectivity index (χ0n) is 23.5. The Bertz CT molecular complexity index is 2050. The van der Waals surface area contributed by atoms with Crippen LogP contribution in [-0.2, 0) is 32.4 Å². The number of thioether (sulfide) groups is 1. The molecule has 0 saturated carbocycles. The van der Waals surface area contributed by atoms with Gasteiger partial charge in [0.2, 0.25) is 5.82 Å². The number of thiazole rings is 1. The number of phenols is 2. The van der Waals surface area contributed by atoms with E-state index in [1.54, 1.807) is 0 Å². The second kappa shape index (κ2) is 14.0. The van der Waals surface area contributed by atoms with Crippen molar-refractivity contribution in [2.24, 2.45) is 5.16 Å². The first-order valence-corrected chi connectivity index (χ1v) is 15.1. The third kappa shape index (κ3) is 6.82. The third-order valence-corrected chi connectivity index (χ3v) is 8.74. The van der Waals surface area contributed by atoms with Crippen molar-refractivity contribution in [2.75, 3.05) is 11.5 Å².